The molecule has 4 aromatic carbocycles. The highest BCUT2D eigenvalue weighted by molar-refractivity contribution is 8.76. The van der Waals surface area contributed by atoms with Gasteiger partial charge in [0.1, 0.15) is 17.8 Å². The first-order valence-corrected chi connectivity index (χ1v) is 29.2. The van der Waals surface area contributed by atoms with Crippen molar-refractivity contribution in [3.8, 4) is 28.4 Å². The van der Waals surface area contributed by atoms with Crippen LogP contribution in [-0.4, -0.2) is 91.6 Å². The summed E-state index contributed by atoms with van der Waals surface area (Å²) in [5.74, 6) is 0.709. The molecule has 72 heavy (non-hydrogen) atoms. The Balaban J connectivity index is 1.11. The first-order chi connectivity index (χ1) is 34.8. The van der Waals surface area contributed by atoms with Gasteiger partial charge in [-0.2, -0.15) is 0 Å². The number of fused-ring (bicyclic) bond motifs is 9. The molecule has 10 rings (SSSR count). The normalized spacial score (nSPS) is 29.7. The number of nitrogens with one attached hydrogen (secondary N) is 2. The summed E-state index contributed by atoms with van der Waals surface area (Å²) in [5.41, 5.74) is 7.31. The van der Waals surface area contributed by atoms with E-state index in [1.54, 1.807) is 47.8 Å². The summed E-state index contributed by atoms with van der Waals surface area (Å²) >= 11 is 0. The minimum atomic E-state index is -0.743. The molecule has 0 spiro atoms. The van der Waals surface area contributed by atoms with Crippen molar-refractivity contribution >= 4 is 49.6 Å². The van der Waals surface area contributed by atoms with Gasteiger partial charge in [0.2, 0.25) is 0 Å². The molecule has 10 unspecified atom stereocenters. The summed E-state index contributed by atoms with van der Waals surface area (Å²) in [4.78, 5) is 27.9. The Morgan fingerprint density at radius 1 is 0.903 bits per heavy atom. The van der Waals surface area contributed by atoms with Crippen LogP contribution in [0, 0.1) is 11.8 Å². The fourth-order valence-corrected chi connectivity index (χ4v) is 16.7. The fourth-order valence-electron chi connectivity index (χ4n) is 13.8. The number of methoxy groups -OCH3 is 1. The van der Waals surface area contributed by atoms with Crippen molar-refractivity contribution in [3.63, 3.8) is 0 Å². The van der Waals surface area contributed by atoms with E-state index in [1.807, 2.05) is 30.3 Å². The zero-order valence-electron chi connectivity index (χ0n) is 41.9. The number of phenols is 2. The second kappa shape index (κ2) is 22.2. The predicted octanol–water partition coefficient (Wildman–Crippen LogP) is 10.6. The zero-order chi connectivity index (χ0) is 50.3. The standard InChI is InChI=1S/C58H74N2O10S2/c1-32(63)47-17-9-36-24-37(29-61)43-16-12-39(20-23-58(68)21-4-3-5-22-58)59-57(46-26-38(30-62)55(60-47)52(36)54(43)46)70-49-28-41(65)14-7-34-10-18-48(67)56(69-2)51(34)44-15-8-33-6-13-40(64)27-45(33)53(44)50-19-11-35(49)25-42(66)31-71-72-50/h6,8,10,13,15,18,26-27,35-37,39,42-43,47,49-50,57,59-62,64,66-68H,3-5,7,9,11-12,14,16-17,19-25,28-31H2,1-2H3. The van der Waals surface area contributed by atoms with Gasteiger partial charge in [-0.15, -0.1) is 0 Å². The maximum absolute atomic E-state index is 14.8. The Morgan fingerprint density at radius 3 is 2.50 bits per heavy atom. The monoisotopic (exact) mass is 1020 g/mol. The molecule has 3 aliphatic heterocycles. The molecule has 1 saturated carbocycles. The topological polar surface area (TPSA) is 198 Å². The SMILES string of the molecule is COc1c(O)ccc2c1-c1ccc3ccc(O)cc3c1C1CCC(CC(O)CSS1)C(OC1NC(CCC3(O)CCCCC3)CCC3c4c1cc(CO)c1c4C(CCC(C(C)=O)N1)CC3CO)CC(=O)CC2. The van der Waals surface area contributed by atoms with E-state index in [-0.39, 0.29) is 84.1 Å². The number of aliphatic hydroxyl groups is 4. The first-order valence-electron chi connectivity index (χ1n) is 26.8. The molecule has 14 heteroatoms. The number of carbonyl (C=O) groups is 2. The number of rotatable bonds is 9. The van der Waals surface area contributed by atoms with E-state index in [9.17, 15) is 40.2 Å². The van der Waals surface area contributed by atoms with Crippen molar-refractivity contribution < 1.29 is 49.7 Å². The summed E-state index contributed by atoms with van der Waals surface area (Å²) < 4.78 is 13.6. The maximum Gasteiger partial charge on any atom is 0.168 e. The zero-order valence-corrected chi connectivity index (χ0v) is 43.5. The van der Waals surface area contributed by atoms with Gasteiger partial charge in [-0.05, 0) is 182 Å². The highest BCUT2D eigenvalue weighted by atomic mass is 33.1. The quantitative estimate of drug-likeness (QED) is 0.0737. The molecule has 2 fully saturated rings. The van der Waals surface area contributed by atoms with Crippen LogP contribution in [0.25, 0.3) is 21.9 Å². The van der Waals surface area contributed by atoms with E-state index < -0.39 is 30.1 Å². The number of hydrogen-bond acceptors (Lipinski definition) is 14. The number of benzene rings is 4. The van der Waals surface area contributed by atoms with Gasteiger partial charge in [-0.25, -0.2) is 0 Å². The van der Waals surface area contributed by atoms with Crippen LogP contribution in [-0.2, 0) is 27.4 Å². The molecular formula is C58H74N2O10S2. The van der Waals surface area contributed by atoms with Gasteiger partial charge < -0.3 is 45.4 Å². The van der Waals surface area contributed by atoms with Gasteiger partial charge in [0.05, 0.1) is 37.6 Å². The number of hydrogen-bond donors (Lipinski definition) is 8. The van der Waals surface area contributed by atoms with Gasteiger partial charge in [0, 0.05) is 53.3 Å². The van der Waals surface area contributed by atoms with Crippen LogP contribution in [0.15, 0.2) is 48.5 Å². The average Bonchev–Trinajstić information content (AvgIpc) is 3.50. The van der Waals surface area contributed by atoms with Crippen LogP contribution >= 0.6 is 21.6 Å². The smallest absolute Gasteiger partial charge is 0.168 e. The minimum Gasteiger partial charge on any atom is -0.508 e. The van der Waals surface area contributed by atoms with Crippen molar-refractivity contribution in [1.82, 2.24) is 5.32 Å². The maximum atomic E-state index is 14.8. The van der Waals surface area contributed by atoms with E-state index in [4.69, 9.17) is 9.47 Å². The summed E-state index contributed by atoms with van der Waals surface area (Å²) in [7, 11) is 4.87. The molecule has 3 aliphatic carbocycles. The van der Waals surface area contributed by atoms with Gasteiger partial charge in [-0.3, -0.25) is 14.9 Å². The highest BCUT2D eigenvalue weighted by Gasteiger charge is 2.45. The molecule has 10 atom stereocenters. The van der Waals surface area contributed by atoms with E-state index in [0.29, 0.717) is 62.0 Å². The Hall–Kier alpha value is -3.86. The van der Waals surface area contributed by atoms with Crippen LogP contribution in [0.5, 0.6) is 17.2 Å². The molecule has 0 radical (unpaired) electrons. The van der Waals surface area contributed by atoms with Gasteiger partial charge in [0.25, 0.3) is 0 Å². The molecule has 8 N–H and O–H groups in total. The van der Waals surface area contributed by atoms with E-state index in [2.05, 4.69) is 16.7 Å². The number of anilines is 1. The van der Waals surface area contributed by atoms with Gasteiger partial charge in [0.15, 0.2) is 17.3 Å². The van der Waals surface area contributed by atoms with E-state index in [1.165, 1.54) is 0 Å². The van der Waals surface area contributed by atoms with Crippen molar-refractivity contribution in [1.29, 1.82) is 0 Å². The summed E-state index contributed by atoms with van der Waals surface area (Å²) in [6, 6.07) is 14.6. The molecule has 0 amide bonds. The number of aryl methyl sites for hydroxylation is 1. The molecule has 388 valence electrons. The molecular weight excluding hydrogens is 949 g/mol. The second-order valence-electron chi connectivity index (χ2n) is 22.1. The third-order valence-corrected chi connectivity index (χ3v) is 20.4. The molecule has 1 saturated heterocycles. The number of Topliss-reactive ketones (excluding diaryl/α,β-unsaturated/α-hetero) is 2. The lowest BCUT2D eigenvalue weighted by Gasteiger charge is -2.45. The summed E-state index contributed by atoms with van der Waals surface area (Å²) in [6.45, 7) is 1.38. The molecule has 0 aromatic heterocycles. The van der Waals surface area contributed by atoms with Crippen LogP contribution in [0.4, 0.5) is 5.69 Å². The van der Waals surface area contributed by atoms with Crippen LogP contribution in [0.2, 0.25) is 0 Å². The fraction of sp³-hybridized carbons (Fsp3) is 0.586. The van der Waals surface area contributed by atoms with Gasteiger partial charge in [-0.1, -0.05) is 65.1 Å². The lowest BCUT2D eigenvalue weighted by atomic mass is 9.65. The number of aromatic hydroxyl groups is 2. The van der Waals surface area contributed by atoms with Gasteiger partial charge >= 0.3 is 0 Å². The molecule has 4 aromatic rings. The van der Waals surface area contributed by atoms with E-state index >= 15 is 0 Å². The molecule has 2 bridgehead atoms. The second-order valence-corrected chi connectivity index (χ2v) is 24.7. The van der Waals surface area contributed by atoms with Crippen LogP contribution in [0.3, 0.4) is 0 Å². The van der Waals surface area contributed by atoms with Crippen molar-refractivity contribution in [2.24, 2.45) is 11.8 Å². The number of aliphatic hydroxyl groups excluding tert-OH is 3. The lowest BCUT2D eigenvalue weighted by molar-refractivity contribution is -0.128. The third-order valence-electron chi connectivity index (χ3n) is 17.5. The number of phenolic OH excluding ortho intramolecular Hbond substituents is 2. The Labute approximate surface area is 431 Å². The molecule has 6 aliphatic rings. The third kappa shape index (κ3) is 10.5. The summed E-state index contributed by atoms with van der Waals surface area (Å²) in [5, 5.41) is 77.9. The average molecular weight is 1020 g/mol. The number of ketones is 2. The molecule has 3 heterocycles. The Bertz CT molecular complexity index is 2640. The Kier molecular flexibility index (Phi) is 15.9. The van der Waals surface area contributed by atoms with Crippen molar-refractivity contribution in [2.45, 2.75) is 182 Å². The summed E-state index contributed by atoms with van der Waals surface area (Å²) in [6.07, 6.45) is 10.1. The first kappa shape index (κ1) is 51.6. The van der Waals surface area contributed by atoms with E-state index in [0.717, 1.165) is 113 Å². The van der Waals surface area contributed by atoms with Crippen LogP contribution in [0.1, 0.15) is 173 Å². The van der Waals surface area contributed by atoms with Crippen molar-refractivity contribution in [3.05, 3.63) is 81.9 Å². The predicted molar refractivity (Wildman–Crippen MR) is 285 cm³/mol. The van der Waals surface area contributed by atoms with Crippen LogP contribution < -0.4 is 15.4 Å². The minimum absolute atomic E-state index is 0.00518. The Morgan fingerprint density at radius 2 is 1.72 bits per heavy atom. The lowest BCUT2D eigenvalue weighted by Crippen LogP contribution is -2.44. The largest absolute Gasteiger partial charge is 0.508 e. The number of ether oxygens (including phenoxy) is 2. The van der Waals surface area contributed by atoms with Crippen molar-refractivity contribution in [2.75, 3.05) is 24.8 Å². The highest BCUT2D eigenvalue weighted by Crippen LogP contribution is 2.56. The molecule has 12 nitrogen and oxygen atoms in total. The number of carbonyl (C=O) groups excluding carboxylic acids is 2.